The average Bonchev–Trinajstić information content (AvgIpc) is 3.21. The molecule has 2 aromatic carbocycles. The Labute approximate surface area is 188 Å². The number of aromatic nitrogens is 2. The van der Waals surface area contributed by atoms with Gasteiger partial charge in [0.05, 0.1) is 6.54 Å². The summed E-state index contributed by atoms with van der Waals surface area (Å²) in [6, 6.07) is 20.9. The minimum absolute atomic E-state index is 0. The first kappa shape index (κ1) is 22.3. The van der Waals surface area contributed by atoms with Gasteiger partial charge >= 0.3 is 0 Å². The van der Waals surface area contributed by atoms with Gasteiger partial charge in [0.2, 0.25) is 0 Å². The summed E-state index contributed by atoms with van der Waals surface area (Å²) in [5, 5.41) is 11.0. The van der Waals surface area contributed by atoms with Gasteiger partial charge in [-0.25, -0.2) is 0 Å². The van der Waals surface area contributed by atoms with Gasteiger partial charge in [-0.2, -0.15) is 5.10 Å². The molecule has 0 bridgehead atoms. The van der Waals surface area contributed by atoms with Crippen molar-refractivity contribution in [1.29, 1.82) is 0 Å². The number of nitrogens with zero attached hydrogens (tertiary/aromatic N) is 3. The minimum atomic E-state index is 0. The summed E-state index contributed by atoms with van der Waals surface area (Å²) in [6.45, 7) is 2.38. The highest BCUT2D eigenvalue weighted by atomic mass is 127. The summed E-state index contributed by atoms with van der Waals surface area (Å²) in [5.74, 6) is 1.81. The van der Waals surface area contributed by atoms with E-state index < -0.39 is 0 Å². The van der Waals surface area contributed by atoms with Crippen molar-refractivity contribution in [2.24, 2.45) is 4.99 Å². The summed E-state index contributed by atoms with van der Waals surface area (Å²) in [5.41, 5.74) is 2.46. The largest absolute Gasteiger partial charge is 0.356 e. The topological polar surface area (TPSA) is 54.2 Å². The predicted octanol–water partition coefficient (Wildman–Crippen LogP) is 4.01. The second kappa shape index (κ2) is 12.5. The van der Waals surface area contributed by atoms with Crippen LogP contribution in [-0.4, -0.2) is 35.1 Å². The Morgan fingerprint density at radius 2 is 1.86 bits per heavy atom. The van der Waals surface area contributed by atoms with E-state index >= 15 is 0 Å². The van der Waals surface area contributed by atoms with Crippen LogP contribution in [0, 0.1) is 0 Å². The lowest BCUT2D eigenvalue weighted by Gasteiger charge is -2.12. The molecule has 3 aromatic rings. The number of halogens is 1. The van der Waals surface area contributed by atoms with Crippen molar-refractivity contribution in [1.82, 2.24) is 20.4 Å². The van der Waals surface area contributed by atoms with Gasteiger partial charge in [-0.1, -0.05) is 42.5 Å². The number of guanidine groups is 1. The van der Waals surface area contributed by atoms with Gasteiger partial charge in [0.25, 0.3) is 0 Å². The smallest absolute Gasteiger partial charge is 0.191 e. The van der Waals surface area contributed by atoms with Crippen LogP contribution in [0.4, 0.5) is 0 Å². The van der Waals surface area contributed by atoms with Crippen molar-refractivity contribution in [3.05, 3.63) is 84.2 Å². The fourth-order valence-corrected chi connectivity index (χ4v) is 3.47. The molecule has 0 saturated carbocycles. The molecule has 1 heterocycles. The van der Waals surface area contributed by atoms with Crippen molar-refractivity contribution in [2.45, 2.75) is 18.0 Å². The van der Waals surface area contributed by atoms with Gasteiger partial charge in [0, 0.05) is 43.2 Å². The predicted molar refractivity (Wildman–Crippen MR) is 129 cm³/mol. The summed E-state index contributed by atoms with van der Waals surface area (Å²) in [4.78, 5) is 5.59. The normalized spacial score (nSPS) is 11.0. The number of nitrogens with one attached hydrogen (secondary N) is 2. The first-order valence-electron chi connectivity index (χ1n) is 9.01. The Morgan fingerprint density at radius 3 is 2.61 bits per heavy atom. The van der Waals surface area contributed by atoms with Gasteiger partial charge in [0.1, 0.15) is 0 Å². The molecule has 0 aliphatic rings. The number of hydrogen-bond acceptors (Lipinski definition) is 3. The van der Waals surface area contributed by atoms with E-state index in [-0.39, 0.29) is 24.0 Å². The second-order valence-electron chi connectivity index (χ2n) is 6.04. The van der Waals surface area contributed by atoms with Crippen molar-refractivity contribution in [3.8, 4) is 0 Å². The monoisotopic (exact) mass is 507 g/mol. The molecule has 148 valence electrons. The van der Waals surface area contributed by atoms with Crippen molar-refractivity contribution in [3.63, 3.8) is 0 Å². The summed E-state index contributed by atoms with van der Waals surface area (Å²) in [7, 11) is 1.80. The van der Waals surface area contributed by atoms with Crippen LogP contribution in [-0.2, 0) is 13.1 Å². The fourth-order valence-electron chi connectivity index (χ4n) is 2.68. The van der Waals surface area contributed by atoms with Crippen LogP contribution in [0.25, 0.3) is 0 Å². The van der Waals surface area contributed by atoms with Gasteiger partial charge in [-0.05, 0) is 29.3 Å². The van der Waals surface area contributed by atoms with Gasteiger partial charge in [-0.15, -0.1) is 35.7 Å². The molecule has 28 heavy (non-hydrogen) atoms. The lowest BCUT2D eigenvalue weighted by Crippen LogP contribution is -2.37. The average molecular weight is 507 g/mol. The van der Waals surface area contributed by atoms with E-state index in [1.165, 1.54) is 16.0 Å². The van der Waals surface area contributed by atoms with Crippen molar-refractivity contribution in [2.75, 3.05) is 19.3 Å². The first-order valence-corrected chi connectivity index (χ1v) is 9.99. The SMILES string of the molecule is CN=C(NCCSc1ccccc1)NCc1cccc(Cn2cccn2)c1.I. The quantitative estimate of drug-likeness (QED) is 0.159. The van der Waals surface area contributed by atoms with E-state index in [0.29, 0.717) is 0 Å². The molecule has 7 heteroatoms. The van der Waals surface area contributed by atoms with Crippen molar-refractivity contribution >= 4 is 41.7 Å². The molecule has 0 spiro atoms. The summed E-state index contributed by atoms with van der Waals surface area (Å²) < 4.78 is 1.93. The van der Waals surface area contributed by atoms with Crippen LogP contribution in [0.5, 0.6) is 0 Å². The number of hydrogen-bond donors (Lipinski definition) is 2. The molecule has 0 amide bonds. The van der Waals surface area contributed by atoms with E-state index in [1.54, 1.807) is 13.2 Å². The first-order chi connectivity index (χ1) is 13.3. The molecule has 0 unspecified atom stereocenters. The minimum Gasteiger partial charge on any atom is -0.356 e. The molecule has 0 radical (unpaired) electrons. The molecule has 2 N–H and O–H groups in total. The highest BCUT2D eigenvalue weighted by Crippen LogP contribution is 2.15. The van der Waals surface area contributed by atoms with Crippen LogP contribution < -0.4 is 10.6 Å². The molecule has 0 atom stereocenters. The third-order valence-electron chi connectivity index (χ3n) is 3.99. The Morgan fingerprint density at radius 1 is 1.04 bits per heavy atom. The van der Waals surface area contributed by atoms with E-state index in [2.05, 4.69) is 69.3 Å². The second-order valence-corrected chi connectivity index (χ2v) is 7.21. The van der Waals surface area contributed by atoms with E-state index in [1.807, 2.05) is 34.8 Å². The zero-order chi connectivity index (χ0) is 18.7. The Kier molecular flexibility index (Phi) is 9.92. The summed E-state index contributed by atoms with van der Waals surface area (Å²) >= 11 is 1.84. The zero-order valence-corrected chi connectivity index (χ0v) is 19.1. The van der Waals surface area contributed by atoms with Gasteiger partial charge in [-0.3, -0.25) is 9.67 Å². The van der Waals surface area contributed by atoms with Crippen molar-refractivity contribution < 1.29 is 0 Å². The third kappa shape index (κ3) is 7.55. The lowest BCUT2D eigenvalue weighted by molar-refractivity contribution is 0.685. The maximum absolute atomic E-state index is 4.30. The van der Waals surface area contributed by atoms with Gasteiger partial charge < -0.3 is 10.6 Å². The Hall–Kier alpha value is -2.00. The van der Waals surface area contributed by atoms with Crippen LogP contribution in [0.3, 0.4) is 0 Å². The molecule has 0 saturated heterocycles. The van der Waals surface area contributed by atoms with E-state index in [4.69, 9.17) is 0 Å². The Bertz CT molecular complexity index is 837. The standard InChI is InChI=1S/C21H25N5S.HI/c1-22-21(23-12-14-27-20-9-3-2-4-10-20)24-16-18-7-5-8-19(15-18)17-26-13-6-11-25-26;/h2-11,13,15H,12,14,16-17H2,1H3,(H2,22,23,24);1H. The zero-order valence-electron chi connectivity index (χ0n) is 15.9. The van der Waals surface area contributed by atoms with Crippen LogP contribution in [0.2, 0.25) is 0 Å². The highest BCUT2D eigenvalue weighted by Gasteiger charge is 2.01. The highest BCUT2D eigenvalue weighted by molar-refractivity contribution is 14.0. The number of benzene rings is 2. The molecule has 3 rings (SSSR count). The molecule has 0 fully saturated rings. The lowest BCUT2D eigenvalue weighted by atomic mass is 10.1. The van der Waals surface area contributed by atoms with E-state index in [9.17, 15) is 0 Å². The molecule has 1 aromatic heterocycles. The maximum atomic E-state index is 4.30. The molecular weight excluding hydrogens is 481 g/mol. The van der Waals surface area contributed by atoms with Crippen LogP contribution >= 0.6 is 35.7 Å². The van der Waals surface area contributed by atoms with E-state index in [0.717, 1.165) is 31.3 Å². The third-order valence-corrected chi connectivity index (χ3v) is 5.00. The van der Waals surface area contributed by atoms with Crippen LogP contribution in [0.1, 0.15) is 11.1 Å². The number of thioether (sulfide) groups is 1. The molecule has 0 aliphatic carbocycles. The van der Waals surface area contributed by atoms with Crippen LogP contribution in [0.15, 0.2) is 82.9 Å². The molecule has 5 nitrogen and oxygen atoms in total. The summed E-state index contributed by atoms with van der Waals surface area (Å²) in [6.07, 6.45) is 3.78. The Balaban J connectivity index is 0.00000280. The molecular formula is C21H26IN5S. The number of aliphatic imine (C=N–C) groups is 1. The number of rotatable bonds is 8. The van der Waals surface area contributed by atoms with Gasteiger partial charge in [0.15, 0.2) is 5.96 Å². The fraction of sp³-hybridized carbons (Fsp3) is 0.238. The molecule has 0 aliphatic heterocycles. The maximum Gasteiger partial charge on any atom is 0.191 e.